The van der Waals surface area contributed by atoms with Crippen LogP contribution in [0.15, 0.2) is 58.1 Å². The van der Waals surface area contributed by atoms with E-state index >= 15 is 0 Å². The Bertz CT molecular complexity index is 1290. The molecule has 0 bridgehead atoms. The number of hydrogen-bond acceptors (Lipinski definition) is 8. The van der Waals surface area contributed by atoms with E-state index in [2.05, 4.69) is 25.4 Å². The van der Waals surface area contributed by atoms with Crippen LogP contribution in [0.1, 0.15) is 18.7 Å². The first kappa shape index (κ1) is 22.4. The lowest BCUT2D eigenvalue weighted by Crippen LogP contribution is -2.34. The van der Waals surface area contributed by atoms with Crippen LogP contribution in [0, 0.1) is 0 Å². The van der Waals surface area contributed by atoms with Gasteiger partial charge in [0.1, 0.15) is 5.75 Å². The zero-order chi connectivity index (χ0) is 23.5. The molecule has 1 fully saturated rings. The van der Waals surface area contributed by atoms with E-state index < -0.39 is 0 Å². The first-order chi connectivity index (χ1) is 16.6. The summed E-state index contributed by atoms with van der Waals surface area (Å²) in [6, 6.07) is 15.0. The molecule has 174 valence electrons. The highest BCUT2D eigenvalue weighted by Crippen LogP contribution is 2.31. The van der Waals surface area contributed by atoms with Crippen LogP contribution in [0.5, 0.6) is 5.75 Å². The van der Waals surface area contributed by atoms with Gasteiger partial charge in [-0.2, -0.15) is 0 Å². The zero-order valence-corrected chi connectivity index (χ0v) is 19.8. The average molecular weight is 497 g/mol. The lowest BCUT2D eigenvalue weighted by molar-refractivity contribution is -0.129. The fourth-order valence-corrected chi connectivity index (χ4v) is 4.31. The van der Waals surface area contributed by atoms with Gasteiger partial charge in [-0.05, 0) is 49.2 Å². The van der Waals surface area contributed by atoms with Crippen molar-refractivity contribution in [2.75, 3.05) is 12.9 Å². The van der Waals surface area contributed by atoms with Gasteiger partial charge in [-0.1, -0.05) is 35.5 Å². The molecule has 5 rings (SSSR count). The van der Waals surface area contributed by atoms with Crippen molar-refractivity contribution in [3.05, 3.63) is 59.4 Å². The molecule has 2 heterocycles. The molecule has 4 aromatic rings. The Morgan fingerprint density at radius 3 is 2.74 bits per heavy atom. The molecule has 1 aliphatic rings. The van der Waals surface area contributed by atoms with Crippen molar-refractivity contribution in [1.82, 2.24) is 30.3 Å². The monoisotopic (exact) mass is 496 g/mol. The molecule has 0 spiro atoms. The van der Waals surface area contributed by atoms with Gasteiger partial charge in [-0.3, -0.25) is 9.89 Å². The number of ether oxygens (including phenoxy) is 1. The summed E-state index contributed by atoms with van der Waals surface area (Å²) in [7, 11) is 1.62. The summed E-state index contributed by atoms with van der Waals surface area (Å²) in [5.41, 5.74) is 1.55. The molecule has 1 aliphatic carbocycles. The van der Waals surface area contributed by atoms with Gasteiger partial charge >= 0.3 is 0 Å². The van der Waals surface area contributed by atoms with E-state index in [1.165, 1.54) is 11.8 Å². The second kappa shape index (κ2) is 9.86. The highest BCUT2D eigenvalue weighted by molar-refractivity contribution is 7.99. The number of hydrogen-bond donors (Lipinski definition) is 1. The van der Waals surface area contributed by atoms with Crippen molar-refractivity contribution in [1.29, 1.82) is 0 Å². The number of aromatic nitrogens is 5. The van der Waals surface area contributed by atoms with Crippen molar-refractivity contribution in [2.45, 2.75) is 30.6 Å². The van der Waals surface area contributed by atoms with Gasteiger partial charge in [0, 0.05) is 11.6 Å². The van der Waals surface area contributed by atoms with Gasteiger partial charge in [-0.15, -0.1) is 15.3 Å². The highest BCUT2D eigenvalue weighted by Gasteiger charge is 2.34. The number of nitrogens with zero attached hydrogens (tertiary/aromatic N) is 5. The third-order valence-corrected chi connectivity index (χ3v) is 6.50. The molecule has 0 aliphatic heterocycles. The SMILES string of the molecule is COc1ccc(-c2nc(SCC(=O)N(Cc3nnc(-c4ccccc4Cl)o3)C3CC3)n[nH]2)cc1. The van der Waals surface area contributed by atoms with Crippen LogP contribution < -0.4 is 4.74 Å². The number of carbonyl (C=O) groups is 1. The number of thioether (sulfide) groups is 1. The van der Waals surface area contributed by atoms with Crippen LogP contribution in [0.3, 0.4) is 0 Å². The molecule has 1 amide bonds. The Kier molecular flexibility index (Phi) is 6.50. The summed E-state index contributed by atoms with van der Waals surface area (Å²) in [5, 5.41) is 16.4. The molecule has 9 nitrogen and oxygen atoms in total. The van der Waals surface area contributed by atoms with Crippen LogP contribution in [-0.2, 0) is 11.3 Å². The number of rotatable bonds is 9. The van der Waals surface area contributed by atoms with Gasteiger partial charge in [0.25, 0.3) is 0 Å². The Labute approximate surface area is 204 Å². The molecule has 2 aromatic carbocycles. The Hall–Kier alpha value is -3.37. The quantitative estimate of drug-likeness (QED) is 0.338. The molecule has 0 saturated heterocycles. The van der Waals surface area contributed by atoms with Gasteiger partial charge in [0.15, 0.2) is 5.82 Å². The predicted molar refractivity (Wildman–Crippen MR) is 127 cm³/mol. The highest BCUT2D eigenvalue weighted by atomic mass is 35.5. The molecular formula is C23H21ClN6O3S. The van der Waals surface area contributed by atoms with Gasteiger partial charge < -0.3 is 14.1 Å². The van der Waals surface area contributed by atoms with Crippen molar-refractivity contribution in [3.63, 3.8) is 0 Å². The molecule has 11 heteroatoms. The van der Waals surface area contributed by atoms with E-state index in [1.54, 1.807) is 18.1 Å². The standard InChI is InChI=1S/C23H21ClN6O3S/c1-32-16-10-6-14(7-11-16)21-25-23(29-27-21)34-13-20(31)30(15-8-9-15)12-19-26-28-22(33-19)17-4-2-3-5-18(17)24/h2-7,10-11,15H,8-9,12-13H2,1H3,(H,25,27,29). The second-order valence-electron chi connectivity index (χ2n) is 7.72. The van der Waals surface area contributed by atoms with Crippen molar-refractivity contribution >= 4 is 29.3 Å². The molecule has 2 aromatic heterocycles. The average Bonchev–Trinajstić information content (AvgIpc) is 3.40. The second-order valence-corrected chi connectivity index (χ2v) is 9.07. The van der Waals surface area contributed by atoms with Gasteiger partial charge in [-0.25, -0.2) is 4.98 Å². The van der Waals surface area contributed by atoms with Crippen LogP contribution in [0.4, 0.5) is 0 Å². The Balaban J connectivity index is 1.21. The normalized spacial score (nSPS) is 13.1. The molecule has 0 unspecified atom stereocenters. The lowest BCUT2D eigenvalue weighted by atomic mass is 10.2. The molecule has 1 saturated carbocycles. The van der Waals surface area contributed by atoms with Crippen LogP contribution in [0.2, 0.25) is 5.02 Å². The number of nitrogens with one attached hydrogen (secondary N) is 1. The van der Waals surface area contributed by atoms with E-state index in [4.69, 9.17) is 20.8 Å². The van der Waals surface area contributed by atoms with E-state index in [9.17, 15) is 4.79 Å². The number of benzene rings is 2. The predicted octanol–water partition coefficient (Wildman–Crippen LogP) is 4.47. The zero-order valence-electron chi connectivity index (χ0n) is 18.3. The Morgan fingerprint density at radius 2 is 2.00 bits per heavy atom. The summed E-state index contributed by atoms with van der Waals surface area (Å²) in [5.74, 6) is 2.30. The summed E-state index contributed by atoms with van der Waals surface area (Å²) in [4.78, 5) is 19.3. The number of aromatic amines is 1. The number of carbonyl (C=O) groups excluding carboxylic acids is 1. The fourth-order valence-electron chi connectivity index (χ4n) is 3.41. The van der Waals surface area contributed by atoms with Gasteiger partial charge in [0.05, 0.1) is 30.0 Å². The summed E-state index contributed by atoms with van der Waals surface area (Å²) < 4.78 is 11.0. The van der Waals surface area contributed by atoms with E-state index in [1.807, 2.05) is 42.5 Å². The number of H-pyrrole nitrogens is 1. The minimum Gasteiger partial charge on any atom is -0.497 e. The lowest BCUT2D eigenvalue weighted by Gasteiger charge is -2.19. The molecule has 1 N–H and O–H groups in total. The van der Waals surface area contributed by atoms with Gasteiger partial charge in [0.2, 0.25) is 22.8 Å². The largest absolute Gasteiger partial charge is 0.497 e. The summed E-state index contributed by atoms with van der Waals surface area (Å²) >= 11 is 7.51. The third kappa shape index (κ3) is 5.07. The van der Waals surface area contributed by atoms with E-state index in [0.717, 1.165) is 24.2 Å². The summed E-state index contributed by atoms with van der Waals surface area (Å²) in [6.45, 7) is 0.257. The number of methoxy groups -OCH3 is 1. The minimum atomic E-state index is -0.0270. The molecular weight excluding hydrogens is 476 g/mol. The minimum absolute atomic E-state index is 0.0270. The maximum atomic E-state index is 13.0. The smallest absolute Gasteiger partial charge is 0.249 e. The first-order valence-corrected chi connectivity index (χ1v) is 12.0. The molecule has 34 heavy (non-hydrogen) atoms. The molecule has 0 atom stereocenters. The maximum Gasteiger partial charge on any atom is 0.249 e. The molecule has 0 radical (unpaired) electrons. The maximum absolute atomic E-state index is 13.0. The fraction of sp³-hybridized carbons (Fsp3) is 0.261. The summed E-state index contributed by atoms with van der Waals surface area (Å²) in [6.07, 6.45) is 1.92. The topological polar surface area (TPSA) is 110 Å². The van der Waals surface area contributed by atoms with E-state index in [-0.39, 0.29) is 24.2 Å². The van der Waals surface area contributed by atoms with Crippen LogP contribution in [-0.4, -0.2) is 55.1 Å². The third-order valence-electron chi connectivity index (χ3n) is 5.34. The number of amides is 1. The first-order valence-electron chi connectivity index (χ1n) is 10.7. The van der Waals surface area contributed by atoms with Crippen molar-refractivity contribution in [2.24, 2.45) is 0 Å². The van der Waals surface area contributed by atoms with Crippen molar-refractivity contribution in [3.8, 4) is 28.6 Å². The van der Waals surface area contributed by atoms with Crippen LogP contribution in [0.25, 0.3) is 22.8 Å². The Morgan fingerprint density at radius 1 is 1.21 bits per heavy atom. The van der Waals surface area contributed by atoms with Crippen LogP contribution >= 0.6 is 23.4 Å². The number of halogens is 1. The van der Waals surface area contributed by atoms with Crippen molar-refractivity contribution < 1.29 is 13.9 Å². The van der Waals surface area contributed by atoms with E-state index in [0.29, 0.717) is 33.3 Å².